The SMILES string of the molecule is CC(C)NC(C)C.CC(C)c1c(C(=O)Nc2ccccc2)c(-c2ccccc2)c(-c2ccc(F)cc2)n1CC[C@@H](O)C[C@@H](O)CC(=O)O. The van der Waals surface area contributed by atoms with Gasteiger partial charge in [-0.3, -0.25) is 9.59 Å². The molecule has 0 unspecified atom stereocenters. The smallest absolute Gasteiger partial charge is 0.305 e. The van der Waals surface area contributed by atoms with Gasteiger partial charge >= 0.3 is 5.97 Å². The highest BCUT2D eigenvalue weighted by Gasteiger charge is 2.31. The summed E-state index contributed by atoms with van der Waals surface area (Å²) in [6.07, 6.45) is -2.51. The van der Waals surface area contributed by atoms with E-state index in [2.05, 4.69) is 38.3 Å². The van der Waals surface area contributed by atoms with Crippen molar-refractivity contribution in [1.82, 2.24) is 9.88 Å². The Morgan fingerprint density at radius 1 is 0.771 bits per heavy atom. The predicted molar refractivity (Wildman–Crippen MR) is 191 cm³/mol. The number of benzene rings is 3. The number of aliphatic carboxylic acids is 1. The number of carboxylic acids is 1. The third kappa shape index (κ3) is 11.1. The van der Waals surface area contributed by atoms with Crippen molar-refractivity contribution in [3.8, 4) is 22.4 Å². The molecule has 3 aromatic carbocycles. The summed E-state index contributed by atoms with van der Waals surface area (Å²) in [4.78, 5) is 25.0. The van der Waals surface area contributed by atoms with Gasteiger partial charge in [-0.1, -0.05) is 90.1 Å². The largest absolute Gasteiger partial charge is 0.481 e. The van der Waals surface area contributed by atoms with Crippen molar-refractivity contribution < 1.29 is 29.3 Å². The maximum Gasteiger partial charge on any atom is 0.305 e. The van der Waals surface area contributed by atoms with Crippen LogP contribution in [0.3, 0.4) is 0 Å². The van der Waals surface area contributed by atoms with Gasteiger partial charge in [-0.15, -0.1) is 0 Å². The Bertz CT molecular complexity index is 1580. The zero-order chi connectivity index (χ0) is 35.4. The Balaban J connectivity index is 0.000000804. The van der Waals surface area contributed by atoms with Crippen LogP contribution in [0.25, 0.3) is 22.4 Å². The lowest BCUT2D eigenvalue weighted by Gasteiger charge is -2.20. The van der Waals surface area contributed by atoms with Crippen LogP contribution in [0.15, 0.2) is 84.9 Å². The molecule has 4 rings (SSSR count). The Hall–Kier alpha value is -4.31. The third-order valence-corrected chi connectivity index (χ3v) is 7.60. The van der Waals surface area contributed by atoms with Crippen molar-refractivity contribution in [2.75, 3.05) is 5.32 Å². The number of rotatable bonds is 14. The van der Waals surface area contributed by atoms with Crippen LogP contribution in [0.5, 0.6) is 0 Å². The number of aromatic nitrogens is 1. The van der Waals surface area contributed by atoms with Gasteiger partial charge < -0.3 is 30.5 Å². The standard InChI is InChI=1S/C33H35FN2O5.C6H15N/c1-21(2)31-30(33(41)35-25-11-7-4-8-12-25)29(22-9-5-3-6-10-22)32(23-13-15-24(34)16-14-23)36(31)18-17-26(37)19-27(38)20-28(39)40;1-5(2)7-6(3)4/h3-16,21,26-27,37-38H,17-20H2,1-2H3,(H,35,41)(H,39,40);5-7H,1-4H3/t26-,27-;/m1./s1. The van der Waals surface area contributed by atoms with Crippen molar-refractivity contribution in [2.45, 2.75) is 97.6 Å². The first-order chi connectivity index (χ1) is 22.8. The van der Waals surface area contributed by atoms with Crippen LogP contribution < -0.4 is 10.6 Å². The average Bonchev–Trinajstić information content (AvgIpc) is 3.36. The zero-order valence-electron chi connectivity index (χ0n) is 28.8. The van der Waals surface area contributed by atoms with Gasteiger partial charge in [0, 0.05) is 35.6 Å². The molecule has 0 aliphatic carbocycles. The number of nitrogens with zero attached hydrogens (tertiary/aromatic N) is 1. The van der Waals surface area contributed by atoms with Crippen molar-refractivity contribution in [2.24, 2.45) is 0 Å². The molecule has 0 radical (unpaired) electrons. The normalized spacial score (nSPS) is 12.5. The number of amides is 1. The summed E-state index contributed by atoms with van der Waals surface area (Å²) in [6, 6.07) is 26.0. The highest BCUT2D eigenvalue weighted by molar-refractivity contribution is 6.12. The molecule has 1 heterocycles. The van der Waals surface area contributed by atoms with E-state index in [4.69, 9.17) is 5.11 Å². The Kier molecular flexibility index (Phi) is 14.5. The lowest BCUT2D eigenvalue weighted by Crippen LogP contribution is -2.29. The summed E-state index contributed by atoms with van der Waals surface area (Å²) in [5.41, 5.74) is 4.77. The van der Waals surface area contributed by atoms with Crippen molar-refractivity contribution >= 4 is 17.6 Å². The molecule has 8 nitrogen and oxygen atoms in total. The first-order valence-electron chi connectivity index (χ1n) is 16.6. The quantitative estimate of drug-likeness (QED) is 0.0945. The van der Waals surface area contributed by atoms with Crippen LogP contribution >= 0.6 is 0 Å². The molecule has 0 fully saturated rings. The lowest BCUT2D eigenvalue weighted by atomic mass is 9.94. The molecule has 0 spiro atoms. The van der Waals surface area contributed by atoms with E-state index in [1.165, 1.54) is 12.1 Å². The molecule has 0 bridgehead atoms. The number of aliphatic hydroxyl groups is 2. The molecular weight excluding hydrogens is 609 g/mol. The fourth-order valence-electron chi connectivity index (χ4n) is 5.87. The van der Waals surface area contributed by atoms with E-state index in [-0.39, 0.29) is 37.0 Å². The molecule has 2 atom stereocenters. The fraction of sp³-hybridized carbons (Fsp3) is 0.385. The number of hydrogen-bond donors (Lipinski definition) is 5. The van der Waals surface area contributed by atoms with Gasteiger partial charge in [0.1, 0.15) is 5.82 Å². The second-order valence-corrected chi connectivity index (χ2v) is 12.9. The topological polar surface area (TPSA) is 124 Å². The minimum absolute atomic E-state index is 0.0939. The minimum atomic E-state index is -1.18. The second-order valence-electron chi connectivity index (χ2n) is 12.9. The molecule has 1 amide bonds. The van der Waals surface area contributed by atoms with Crippen molar-refractivity contribution in [3.63, 3.8) is 0 Å². The van der Waals surface area contributed by atoms with E-state index >= 15 is 0 Å². The highest BCUT2D eigenvalue weighted by Crippen LogP contribution is 2.42. The van der Waals surface area contributed by atoms with Gasteiger partial charge in [0.25, 0.3) is 5.91 Å². The average molecular weight is 660 g/mol. The Morgan fingerprint density at radius 3 is 1.83 bits per heavy atom. The molecular formula is C39H50FN3O5. The summed E-state index contributed by atoms with van der Waals surface area (Å²) in [5.74, 6) is -1.93. The van der Waals surface area contributed by atoms with Crippen LogP contribution in [-0.2, 0) is 11.3 Å². The van der Waals surface area contributed by atoms with E-state index in [0.717, 1.165) is 11.3 Å². The maximum absolute atomic E-state index is 14.0. The van der Waals surface area contributed by atoms with E-state index in [0.29, 0.717) is 40.2 Å². The molecule has 9 heteroatoms. The van der Waals surface area contributed by atoms with E-state index in [1.54, 1.807) is 12.1 Å². The van der Waals surface area contributed by atoms with E-state index in [9.17, 15) is 24.2 Å². The summed E-state index contributed by atoms with van der Waals surface area (Å²) in [6.45, 7) is 12.9. The monoisotopic (exact) mass is 659 g/mol. The summed E-state index contributed by atoms with van der Waals surface area (Å²) in [7, 11) is 0. The number of halogens is 1. The van der Waals surface area contributed by atoms with Crippen LogP contribution in [0.2, 0.25) is 0 Å². The van der Waals surface area contributed by atoms with Gasteiger partial charge in [-0.05, 0) is 66.3 Å². The minimum Gasteiger partial charge on any atom is -0.481 e. The molecule has 0 aliphatic rings. The molecule has 258 valence electrons. The molecule has 4 aromatic rings. The van der Waals surface area contributed by atoms with Crippen molar-refractivity contribution in [1.29, 1.82) is 0 Å². The van der Waals surface area contributed by atoms with Gasteiger partial charge in [-0.25, -0.2) is 4.39 Å². The number of aliphatic hydroxyl groups excluding tert-OH is 2. The zero-order valence-corrected chi connectivity index (χ0v) is 28.8. The first-order valence-corrected chi connectivity index (χ1v) is 16.6. The first kappa shape index (κ1) is 38.1. The lowest BCUT2D eigenvalue weighted by molar-refractivity contribution is -0.139. The highest BCUT2D eigenvalue weighted by atomic mass is 19.1. The van der Waals surface area contributed by atoms with Gasteiger partial charge in [0.05, 0.1) is 29.9 Å². The number of nitrogens with one attached hydrogen (secondary N) is 2. The van der Waals surface area contributed by atoms with E-state index in [1.807, 2.05) is 79.1 Å². The number of anilines is 1. The van der Waals surface area contributed by atoms with Crippen LogP contribution in [-0.4, -0.2) is 56.1 Å². The summed E-state index contributed by atoms with van der Waals surface area (Å²) < 4.78 is 16.0. The van der Waals surface area contributed by atoms with Crippen LogP contribution in [0, 0.1) is 5.82 Å². The fourth-order valence-corrected chi connectivity index (χ4v) is 5.87. The summed E-state index contributed by atoms with van der Waals surface area (Å²) >= 11 is 0. The van der Waals surface area contributed by atoms with Gasteiger partial charge in [-0.2, -0.15) is 0 Å². The number of hydrogen-bond acceptors (Lipinski definition) is 5. The molecule has 0 saturated heterocycles. The Morgan fingerprint density at radius 2 is 1.33 bits per heavy atom. The number of carbonyl (C=O) groups is 2. The molecule has 0 aliphatic heterocycles. The number of para-hydroxylation sites is 1. The molecule has 48 heavy (non-hydrogen) atoms. The molecule has 5 N–H and O–H groups in total. The predicted octanol–water partition coefficient (Wildman–Crippen LogP) is 7.71. The molecule has 1 aromatic heterocycles. The van der Waals surface area contributed by atoms with Crippen LogP contribution in [0.1, 0.15) is 82.8 Å². The molecule has 0 saturated carbocycles. The van der Waals surface area contributed by atoms with Gasteiger partial charge in [0.15, 0.2) is 0 Å². The van der Waals surface area contributed by atoms with Crippen LogP contribution in [0.4, 0.5) is 10.1 Å². The number of carbonyl (C=O) groups excluding carboxylic acids is 1. The third-order valence-electron chi connectivity index (χ3n) is 7.60. The summed E-state index contributed by atoms with van der Waals surface area (Å²) in [5, 5.41) is 36.1. The van der Waals surface area contributed by atoms with Crippen molar-refractivity contribution in [3.05, 3.63) is 102 Å². The van der Waals surface area contributed by atoms with E-state index < -0.39 is 24.6 Å². The van der Waals surface area contributed by atoms with Gasteiger partial charge in [0.2, 0.25) is 0 Å². The number of carboxylic acid groups (broad SMARTS) is 1. The second kappa shape index (κ2) is 18.3. The Labute approximate surface area is 283 Å². The maximum atomic E-state index is 14.0.